The van der Waals surface area contributed by atoms with Crippen molar-refractivity contribution in [2.24, 2.45) is 5.92 Å². The molecule has 0 radical (unpaired) electrons. The molecule has 7 heteroatoms. The summed E-state index contributed by atoms with van der Waals surface area (Å²) in [5.74, 6) is -0.599. The molecule has 0 saturated carbocycles. The summed E-state index contributed by atoms with van der Waals surface area (Å²) in [6.45, 7) is 6.09. The highest BCUT2D eigenvalue weighted by atomic mass is 16.6. The molecule has 0 aliphatic heterocycles. The van der Waals surface area contributed by atoms with Gasteiger partial charge in [-0.25, -0.2) is 0 Å². The van der Waals surface area contributed by atoms with E-state index in [1.807, 2.05) is 0 Å². The van der Waals surface area contributed by atoms with Crippen molar-refractivity contribution in [3.8, 4) is 0 Å². The van der Waals surface area contributed by atoms with Crippen LogP contribution in [0.4, 0.5) is 11.4 Å². The topological polar surface area (TPSA) is 103 Å². The summed E-state index contributed by atoms with van der Waals surface area (Å²) in [6.07, 6.45) is 0. The van der Waals surface area contributed by atoms with Gasteiger partial charge in [-0.3, -0.25) is 25.0 Å². The van der Waals surface area contributed by atoms with Gasteiger partial charge in [0.25, 0.3) is 0 Å². The lowest BCUT2D eigenvalue weighted by Crippen LogP contribution is -2.12. The van der Waals surface area contributed by atoms with Crippen LogP contribution in [0.3, 0.4) is 0 Å². The van der Waals surface area contributed by atoms with Crippen LogP contribution >= 0.6 is 0 Å². The van der Waals surface area contributed by atoms with Gasteiger partial charge in [-0.2, -0.15) is 0 Å². The summed E-state index contributed by atoms with van der Waals surface area (Å²) in [7, 11) is 0. The van der Waals surface area contributed by atoms with Gasteiger partial charge in [0.2, 0.25) is 0 Å². The minimum atomic E-state index is -0.808. The molecule has 0 unspecified atom stereocenters. The van der Waals surface area contributed by atoms with Crippen molar-refractivity contribution in [1.82, 2.24) is 0 Å². The summed E-state index contributed by atoms with van der Waals surface area (Å²) in [5.41, 5.74) is -0.825. The van der Waals surface area contributed by atoms with Crippen LogP contribution in [-0.4, -0.2) is 15.6 Å². The fourth-order valence-electron chi connectivity index (χ4n) is 1.91. The Hall–Kier alpha value is -2.31. The van der Waals surface area contributed by atoms with Gasteiger partial charge in [0, 0.05) is 22.6 Å². The first-order valence-corrected chi connectivity index (χ1v) is 5.65. The normalized spacial score (nSPS) is 10.6. The molecule has 7 nitrogen and oxygen atoms in total. The number of ketones is 1. The number of nitrogens with zero attached hydrogens (tertiary/aromatic N) is 2. The minimum Gasteiger partial charge on any atom is -0.294 e. The number of carbonyl (C=O) groups is 1. The Morgan fingerprint density at radius 1 is 1.11 bits per heavy atom. The number of hydrogen-bond acceptors (Lipinski definition) is 5. The number of nitro benzene ring substituents is 2. The van der Waals surface area contributed by atoms with Crippen molar-refractivity contribution < 1.29 is 14.6 Å². The molecule has 0 aliphatic rings. The van der Waals surface area contributed by atoms with E-state index >= 15 is 0 Å². The van der Waals surface area contributed by atoms with E-state index in [9.17, 15) is 25.0 Å². The number of aryl methyl sites for hydroxylation is 1. The molecule has 102 valence electrons. The van der Waals surface area contributed by atoms with Gasteiger partial charge in [-0.15, -0.1) is 0 Å². The number of hydrogen-bond donors (Lipinski definition) is 0. The molecule has 0 fully saturated rings. The van der Waals surface area contributed by atoms with Crippen molar-refractivity contribution in [2.45, 2.75) is 27.7 Å². The third-order valence-corrected chi connectivity index (χ3v) is 2.87. The van der Waals surface area contributed by atoms with Gasteiger partial charge in [0.05, 0.1) is 9.85 Å². The second-order valence-electron chi connectivity index (χ2n) is 4.60. The Morgan fingerprint density at radius 2 is 1.58 bits per heavy atom. The van der Waals surface area contributed by atoms with Crippen LogP contribution in [0.15, 0.2) is 6.07 Å². The molecule has 0 bridgehead atoms. The summed E-state index contributed by atoms with van der Waals surface area (Å²) >= 11 is 0. The summed E-state index contributed by atoms with van der Waals surface area (Å²) < 4.78 is 0. The monoisotopic (exact) mass is 266 g/mol. The fraction of sp³-hybridized carbons (Fsp3) is 0.417. The highest BCUT2D eigenvalue weighted by Gasteiger charge is 2.33. The number of rotatable bonds is 4. The predicted molar refractivity (Wildman–Crippen MR) is 68.4 cm³/mol. The van der Waals surface area contributed by atoms with Gasteiger partial charge in [-0.05, 0) is 19.9 Å². The Bertz CT molecular complexity index is 578. The van der Waals surface area contributed by atoms with Crippen LogP contribution in [-0.2, 0) is 0 Å². The number of carbonyl (C=O) groups excluding carboxylic acids is 1. The first kappa shape index (κ1) is 14.7. The Morgan fingerprint density at radius 3 is 1.95 bits per heavy atom. The van der Waals surface area contributed by atoms with Crippen LogP contribution in [0.1, 0.15) is 35.3 Å². The molecule has 0 heterocycles. The van der Waals surface area contributed by atoms with Crippen molar-refractivity contribution in [3.05, 3.63) is 43.0 Å². The van der Waals surface area contributed by atoms with Gasteiger partial charge < -0.3 is 0 Å². The molecule has 0 atom stereocenters. The van der Waals surface area contributed by atoms with Crippen molar-refractivity contribution in [1.29, 1.82) is 0 Å². The zero-order valence-corrected chi connectivity index (χ0v) is 11.1. The van der Waals surface area contributed by atoms with Gasteiger partial charge in [0.1, 0.15) is 0 Å². The molecule has 1 aromatic rings. The maximum Gasteiger partial charge on any atom is 0.349 e. The van der Waals surface area contributed by atoms with Crippen LogP contribution in [0.2, 0.25) is 0 Å². The molecule has 1 aromatic carbocycles. The lowest BCUT2D eigenvalue weighted by molar-refractivity contribution is -0.423. The lowest BCUT2D eigenvalue weighted by Gasteiger charge is -2.10. The fourth-order valence-corrected chi connectivity index (χ4v) is 1.91. The molecule has 1 rings (SSSR count). The lowest BCUT2D eigenvalue weighted by atomic mass is 9.93. The van der Waals surface area contributed by atoms with E-state index in [4.69, 9.17) is 0 Å². The Labute approximate surface area is 109 Å². The average Bonchev–Trinajstić information content (AvgIpc) is 2.28. The molecule has 0 spiro atoms. The first-order chi connectivity index (χ1) is 8.68. The van der Waals surface area contributed by atoms with E-state index in [0.717, 1.165) is 0 Å². The largest absolute Gasteiger partial charge is 0.349 e. The Kier molecular flexibility index (Phi) is 3.98. The van der Waals surface area contributed by atoms with E-state index in [1.54, 1.807) is 13.8 Å². The maximum absolute atomic E-state index is 12.0. The molecule has 0 N–H and O–H groups in total. The SMILES string of the molecule is Cc1cc(C(=O)C(C)C)c(C)c([N+](=O)[O-])c1[N+](=O)[O-]. The Balaban J connectivity index is 3.71. The molecular formula is C12H14N2O5. The van der Waals surface area contributed by atoms with E-state index in [1.165, 1.54) is 19.9 Å². The van der Waals surface area contributed by atoms with Gasteiger partial charge >= 0.3 is 11.4 Å². The van der Waals surface area contributed by atoms with Crippen LogP contribution in [0, 0.1) is 40.0 Å². The smallest absolute Gasteiger partial charge is 0.294 e. The first-order valence-electron chi connectivity index (χ1n) is 5.65. The average molecular weight is 266 g/mol. The molecule has 0 aromatic heterocycles. The van der Waals surface area contributed by atoms with E-state index in [-0.39, 0.29) is 28.4 Å². The quantitative estimate of drug-likeness (QED) is 0.473. The number of benzene rings is 1. The summed E-state index contributed by atoms with van der Waals surface area (Å²) in [4.78, 5) is 32.3. The number of Topliss-reactive ketones (excluding diaryl/α,β-unsaturated/α-hetero) is 1. The minimum absolute atomic E-state index is 0.0426. The molecule has 0 aliphatic carbocycles. The standard InChI is InChI=1S/C12H14N2O5/c1-6(2)12(15)9-5-7(3)10(13(16)17)11(8(9)4)14(18)19/h5-6H,1-4H3. The van der Waals surface area contributed by atoms with Crippen LogP contribution in [0.25, 0.3) is 0 Å². The predicted octanol–water partition coefficient (Wildman–Crippen LogP) is 2.96. The zero-order chi connectivity index (χ0) is 14.9. The number of nitro groups is 2. The van der Waals surface area contributed by atoms with E-state index in [2.05, 4.69) is 0 Å². The zero-order valence-electron chi connectivity index (χ0n) is 11.1. The second kappa shape index (κ2) is 5.13. The summed E-state index contributed by atoms with van der Waals surface area (Å²) in [5, 5.41) is 22.0. The van der Waals surface area contributed by atoms with Crippen LogP contribution < -0.4 is 0 Å². The third kappa shape index (κ3) is 2.59. The van der Waals surface area contributed by atoms with Crippen LogP contribution in [0.5, 0.6) is 0 Å². The highest BCUT2D eigenvalue weighted by Crippen LogP contribution is 2.36. The molecule has 0 amide bonds. The molecule has 19 heavy (non-hydrogen) atoms. The van der Waals surface area contributed by atoms with E-state index < -0.39 is 21.2 Å². The van der Waals surface area contributed by atoms with E-state index in [0.29, 0.717) is 0 Å². The van der Waals surface area contributed by atoms with Crippen molar-refractivity contribution in [3.63, 3.8) is 0 Å². The second-order valence-corrected chi connectivity index (χ2v) is 4.60. The van der Waals surface area contributed by atoms with Gasteiger partial charge in [0.15, 0.2) is 5.78 Å². The molecule has 0 saturated heterocycles. The highest BCUT2D eigenvalue weighted by molar-refractivity contribution is 6.00. The maximum atomic E-state index is 12.0. The third-order valence-electron chi connectivity index (χ3n) is 2.87. The molecular weight excluding hydrogens is 252 g/mol. The van der Waals surface area contributed by atoms with Crippen molar-refractivity contribution >= 4 is 17.2 Å². The summed E-state index contributed by atoms with van der Waals surface area (Å²) in [6, 6.07) is 1.35. The van der Waals surface area contributed by atoms with Crippen molar-refractivity contribution in [2.75, 3.05) is 0 Å². The van der Waals surface area contributed by atoms with Gasteiger partial charge in [-0.1, -0.05) is 13.8 Å².